The van der Waals surface area contributed by atoms with E-state index >= 15 is 0 Å². The molecule has 0 aromatic heterocycles. The Morgan fingerprint density at radius 1 is 1.40 bits per heavy atom. The van der Waals surface area contributed by atoms with Crippen LogP contribution in [0.2, 0.25) is 0 Å². The second kappa shape index (κ2) is 5.59. The van der Waals surface area contributed by atoms with Crippen LogP contribution >= 0.6 is 0 Å². The van der Waals surface area contributed by atoms with Crippen molar-refractivity contribution in [3.63, 3.8) is 0 Å². The molecule has 1 unspecified atom stereocenters. The molecule has 1 aromatic rings. The maximum absolute atomic E-state index is 13.2. The fourth-order valence-corrected chi connectivity index (χ4v) is 1.61. The molecule has 15 heavy (non-hydrogen) atoms. The van der Waals surface area contributed by atoms with E-state index in [-0.39, 0.29) is 11.5 Å². The van der Waals surface area contributed by atoms with Gasteiger partial charge in [-0.15, -0.1) is 0 Å². The third-order valence-electron chi connectivity index (χ3n) is 2.54. The average molecular weight is 210 g/mol. The lowest BCUT2D eigenvalue weighted by Gasteiger charge is -2.18. The molecule has 0 fully saturated rings. The Labute approximate surface area is 90.7 Å². The molecule has 0 saturated carbocycles. The quantitative estimate of drug-likeness (QED) is 0.731. The summed E-state index contributed by atoms with van der Waals surface area (Å²) in [4.78, 5) is 0. The highest BCUT2D eigenvalue weighted by Gasteiger charge is 2.08. The number of hydrogen-bond donors (Lipinski definition) is 2. The van der Waals surface area contributed by atoms with Gasteiger partial charge in [0.25, 0.3) is 0 Å². The number of para-hydroxylation sites is 1. The minimum Gasteiger partial charge on any atom is -0.395 e. The molecular formula is C12H19FN2. The van der Waals surface area contributed by atoms with Gasteiger partial charge in [0.15, 0.2) is 0 Å². The summed E-state index contributed by atoms with van der Waals surface area (Å²) in [5.41, 5.74) is 6.56. The largest absolute Gasteiger partial charge is 0.395 e. The van der Waals surface area contributed by atoms with Gasteiger partial charge in [0.05, 0.1) is 11.4 Å². The average Bonchev–Trinajstić information content (AvgIpc) is 2.24. The second-order valence-corrected chi connectivity index (χ2v) is 3.74. The molecule has 84 valence electrons. The molecule has 0 aliphatic rings. The van der Waals surface area contributed by atoms with Crippen LogP contribution in [-0.2, 0) is 0 Å². The minimum absolute atomic E-state index is 0.215. The summed E-state index contributed by atoms with van der Waals surface area (Å²) in [6, 6.07) is 5.24. The first-order chi connectivity index (χ1) is 7.19. The van der Waals surface area contributed by atoms with Crippen LogP contribution in [0.3, 0.4) is 0 Å². The van der Waals surface area contributed by atoms with Gasteiger partial charge in [-0.2, -0.15) is 0 Å². The van der Waals surface area contributed by atoms with Crippen LogP contribution in [0.15, 0.2) is 18.2 Å². The van der Waals surface area contributed by atoms with Crippen molar-refractivity contribution in [1.29, 1.82) is 0 Å². The first-order valence-electron chi connectivity index (χ1n) is 5.49. The van der Waals surface area contributed by atoms with Crippen LogP contribution in [0.4, 0.5) is 15.8 Å². The molecule has 0 bridgehead atoms. The fraction of sp³-hybridized carbons (Fsp3) is 0.500. The summed E-state index contributed by atoms with van der Waals surface area (Å²) in [5, 5.41) is 3.27. The Bertz CT molecular complexity index is 312. The summed E-state index contributed by atoms with van der Waals surface area (Å²) in [6.07, 6.45) is 3.21. The van der Waals surface area contributed by atoms with E-state index < -0.39 is 0 Å². The van der Waals surface area contributed by atoms with Crippen molar-refractivity contribution in [3.8, 4) is 0 Å². The molecule has 0 saturated heterocycles. The third-order valence-corrected chi connectivity index (χ3v) is 2.54. The van der Waals surface area contributed by atoms with Crippen LogP contribution in [0.25, 0.3) is 0 Å². The Balaban J connectivity index is 2.74. The SMILES string of the molecule is CCCC(CC)Nc1cccc(F)c1N. The van der Waals surface area contributed by atoms with Gasteiger partial charge in [-0.1, -0.05) is 26.3 Å². The van der Waals surface area contributed by atoms with E-state index in [1.807, 2.05) is 6.07 Å². The molecule has 0 heterocycles. The van der Waals surface area contributed by atoms with Crippen LogP contribution in [0, 0.1) is 5.82 Å². The van der Waals surface area contributed by atoms with Crippen molar-refractivity contribution >= 4 is 11.4 Å². The van der Waals surface area contributed by atoms with Gasteiger partial charge in [0, 0.05) is 6.04 Å². The highest BCUT2D eigenvalue weighted by Crippen LogP contribution is 2.23. The van der Waals surface area contributed by atoms with Gasteiger partial charge >= 0.3 is 0 Å². The van der Waals surface area contributed by atoms with E-state index in [2.05, 4.69) is 19.2 Å². The smallest absolute Gasteiger partial charge is 0.148 e. The zero-order valence-corrected chi connectivity index (χ0v) is 9.39. The zero-order valence-electron chi connectivity index (χ0n) is 9.39. The normalized spacial score (nSPS) is 12.5. The van der Waals surface area contributed by atoms with E-state index in [1.54, 1.807) is 6.07 Å². The Morgan fingerprint density at radius 2 is 2.13 bits per heavy atom. The molecule has 1 atom stereocenters. The van der Waals surface area contributed by atoms with E-state index in [9.17, 15) is 4.39 Å². The third kappa shape index (κ3) is 3.11. The summed E-state index contributed by atoms with van der Waals surface area (Å²) >= 11 is 0. The van der Waals surface area contributed by atoms with Crippen LogP contribution in [-0.4, -0.2) is 6.04 Å². The number of benzene rings is 1. The maximum atomic E-state index is 13.2. The Morgan fingerprint density at radius 3 is 2.73 bits per heavy atom. The summed E-state index contributed by atoms with van der Waals surface area (Å²) < 4.78 is 13.2. The number of hydrogen-bond acceptors (Lipinski definition) is 2. The molecule has 0 radical (unpaired) electrons. The van der Waals surface area contributed by atoms with Crippen molar-refractivity contribution in [2.45, 2.75) is 39.2 Å². The van der Waals surface area contributed by atoms with Crippen LogP contribution in [0.5, 0.6) is 0 Å². The van der Waals surface area contributed by atoms with Crippen molar-refractivity contribution < 1.29 is 4.39 Å². The predicted molar refractivity (Wildman–Crippen MR) is 63.4 cm³/mol. The van der Waals surface area contributed by atoms with Crippen LogP contribution < -0.4 is 11.1 Å². The van der Waals surface area contributed by atoms with E-state index in [0.717, 1.165) is 19.3 Å². The molecule has 0 aliphatic carbocycles. The molecule has 1 aromatic carbocycles. The van der Waals surface area contributed by atoms with E-state index in [1.165, 1.54) is 6.07 Å². The molecule has 0 spiro atoms. The van der Waals surface area contributed by atoms with Gasteiger partial charge < -0.3 is 11.1 Å². The lowest BCUT2D eigenvalue weighted by molar-refractivity contribution is 0.617. The number of halogens is 1. The van der Waals surface area contributed by atoms with Crippen LogP contribution in [0.1, 0.15) is 33.1 Å². The summed E-state index contributed by atoms with van der Waals surface area (Å²) in [7, 11) is 0. The Hall–Kier alpha value is -1.25. The Kier molecular flexibility index (Phi) is 4.40. The molecule has 1 rings (SSSR count). The van der Waals surface area contributed by atoms with Crippen molar-refractivity contribution in [1.82, 2.24) is 0 Å². The number of rotatable bonds is 5. The van der Waals surface area contributed by atoms with Crippen molar-refractivity contribution in [2.75, 3.05) is 11.1 Å². The minimum atomic E-state index is -0.355. The second-order valence-electron chi connectivity index (χ2n) is 3.74. The highest BCUT2D eigenvalue weighted by molar-refractivity contribution is 5.66. The van der Waals surface area contributed by atoms with Gasteiger partial charge in [0.1, 0.15) is 5.82 Å². The predicted octanol–water partition coefficient (Wildman–Crippen LogP) is 3.40. The topological polar surface area (TPSA) is 38.0 Å². The lowest BCUT2D eigenvalue weighted by Crippen LogP contribution is -2.19. The van der Waals surface area contributed by atoms with Gasteiger partial charge in [-0.3, -0.25) is 0 Å². The maximum Gasteiger partial charge on any atom is 0.148 e. The summed E-state index contributed by atoms with van der Waals surface area (Å²) in [6.45, 7) is 4.25. The van der Waals surface area contributed by atoms with Gasteiger partial charge in [-0.05, 0) is 25.0 Å². The highest BCUT2D eigenvalue weighted by atomic mass is 19.1. The van der Waals surface area contributed by atoms with Crippen molar-refractivity contribution in [2.24, 2.45) is 0 Å². The number of nitrogen functional groups attached to an aromatic ring is 1. The standard InChI is InChI=1S/C12H19FN2/c1-3-6-9(4-2)15-11-8-5-7-10(13)12(11)14/h5,7-9,15H,3-4,6,14H2,1-2H3. The molecular weight excluding hydrogens is 191 g/mol. The number of nitrogens with two attached hydrogens (primary N) is 1. The molecule has 3 N–H and O–H groups in total. The van der Waals surface area contributed by atoms with Gasteiger partial charge in [0.2, 0.25) is 0 Å². The van der Waals surface area contributed by atoms with Gasteiger partial charge in [-0.25, -0.2) is 4.39 Å². The van der Waals surface area contributed by atoms with E-state index in [0.29, 0.717) is 11.7 Å². The summed E-state index contributed by atoms with van der Waals surface area (Å²) in [5.74, 6) is -0.355. The fourth-order valence-electron chi connectivity index (χ4n) is 1.61. The molecule has 3 heteroatoms. The number of nitrogens with one attached hydrogen (secondary N) is 1. The monoisotopic (exact) mass is 210 g/mol. The molecule has 0 aliphatic heterocycles. The van der Waals surface area contributed by atoms with Crippen molar-refractivity contribution in [3.05, 3.63) is 24.0 Å². The first-order valence-corrected chi connectivity index (χ1v) is 5.49. The lowest BCUT2D eigenvalue weighted by atomic mass is 10.1. The molecule has 2 nitrogen and oxygen atoms in total. The van der Waals surface area contributed by atoms with E-state index in [4.69, 9.17) is 5.73 Å². The first kappa shape index (κ1) is 11.8. The molecule has 0 amide bonds. The number of anilines is 2. The zero-order chi connectivity index (χ0) is 11.3.